The lowest BCUT2D eigenvalue weighted by atomic mass is 10.2. The van der Waals surface area contributed by atoms with Crippen molar-refractivity contribution in [1.29, 1.82) is 0 Å². The number of nitrogens with zero attached hydrogens (tertiary/aromatic N) is 1. The number of hydrogen-bond donors (Lipinski definition) is 1. The second-order valence-electron chi connectivity index (χ2n) is 2.67. The highest BCUT2D eigenvalue weighted by molar-refractivity contribution is 7.96. The number of benzene rings is 1. The number of halogens is 1. The number of carbonyl (C=O) groups is 1. The lowest BCUT2D eigenvalue weighted by Crippen LogP contribution is -1.98. The highest BCUT2D eigenvalue weighted by Crippen LogP contribution is 2.20. The van der Waals surface area contributed by atoms with Gasteiger partial charge in [-0.15, -0.1) is 0 Å². The molecular weight excluding hydrogens is 206 g/mol. The first kappa shape index (κ1) is 8.66. The van der Waals surface area contributed by atoms with Crippen LogP contribution in [0.3, 0.4) is 0 Å². The second kappa shape index (κ2) is 3.09. The van der Waals surface area contributed by atoms with Crippen LogP contribution in [0.5, 0.6) is 0 Å². The zero-order valence-electron chi connectivity index (χ0n) is 6.57. The minimum absolute atomic E-state index is 0.308. The van der Waals surface area contributed by atoms with Crippen molar-refractivity contribution < 1.29 is 4.79 Å². The van der Waals surface area contributed by atoms with Gasteiger partial charge in [0.2, 0.25) is 0 Å². The molecule has 13 heavy (non-hydrogen) atoms. The van der Waals surface area contributed by atoms with Crippen LogP contribution in [0.15, 0.2) is 30.5 Å². The topological polar surface area (TPSA) is 22.0 Å². The van der Waals surface area contributed by atoms with Crippen molar-refractivity contribution >= 4 is 40.4 Å². The number of hydrogen-bond acceptors (Lipinski definition) is 1. The molecule has 0 aliphatic carbocycles. The average Bonchev–Trinajstić information content (AvgIpc) is 2.46. The van der Waals surface area contributed by atoms with Gasteiger partial charge < -0.3 is 0 Å². The van der Waals surface area contributed by atoms with Gasteiger partial charge in [0.1, 0.15) is 0 Å². The summed E-state index contributed by atoms with van der Waals surface area (Å²) in [4.78, 5) is 11.0. The molecule has 0 fully saturated rings. The Balaban J connectivity index is 2.79. The van der Waals surface area contributed by atoms with Crippen LogP contribution in [-0.4, -0.2) is 9.81 Å². The van der Waals surface area contributed by atoms with Crippen LogP contribution >= 0.6 is 24.2 Å². The molecule has 0 amide bonds. The van der Waals surface area contributed by atoms with Crippen LogP contribution in [0.2, 0.25) is 5.02 Å². The van der Waals surface area contributed by atoms with Crippen molar-refractivity contribution in [3.05, 3.63) is 35.5 Å². The summed E-state index contributed by atoms with van der Waals surface area (Å²) in [6.45, 7) is 0. The van der Waals surface area contributed by atoms with E-state index in [2.05, 4.69) is 12.6 Å². The summed E-state index contributed by atoms with van der Waals surface area (Å²) in [5, 5.41) is 1.28. The van der Waals surface area contributed by atoms with Crippen LogP contribution < -0.4 is 0 Å². The van der Waals surface area contributed by atoms with Crippen molar-refractivity contribution in [2.45, 2.75) is 0 Å². The lowest BCUT2D eigenvalue weighted by Gasteiger charge is -1.98. The molecule has 1 aromatic carbocycles. The van der Waals surface area contributed by atoms with Gasteiger partial charge in [-0.2, -0.15) is 0 Å². The summed E-state index contributed by atoms with van der Waals surface area (Å²) < 4.78 is 1.45. The highest BCUT2D eigenvalue weighted by Gasteiger charge is 2.04. The molecule has 0 spiro atoms. The molecule has 0 saturated heterocycles. The maximum Gasteiger partial charge on any atom is 0.287 e. The predicted molar refractivity (Wildman–Crippen MR) is 56.7 cm³/mol. The molecule has 0 radical (unpaired) electrons. The van der Waals surface area contributed by atoms with Gasteiger partial charge in [-0.25, -0.2) is 0 Å². The first-order chi connectivity index (χ1) is 6.18. The maximum absolute atomic E-state index is 11.0. The Kier molecular flexibility index (Phi) is 2.06. The SMILES string of the molecule is O=C(S)n1ccc2ccc(Cl)cc21. The number of rotatable bonds is 0. The Hall–Kier alpha value is -0.930. The van der Waals surface area contributed by atoms with Crippen molar-refractivity contribution in [1.82, 2.24) is 4.57 Å². The first-order valence-corrected chi connectivity index (χ1v) is 4.51. The smallest absolute Gasteiger partial charge is 0.278 e. The Bertz CT molecular complexity index is 477. The largest absolute Gasteiger partial charge is 0.287 e. The summed E-state index contributed by atoms with van der Waals surface area (Å²) in [5.41, 5.74) is 0.785. The van der Waals surface area contributed by atoms with E-state index in [1.807, 2.05) is 12.1 Å². The third kappa shape index (κ3) is 1.45. The van der Waals surface area contributed by atoms with Gasteiger partial charge in [0.15, 0.2) is 0 Å². The van der Waals surface area contributed by atoms with Crippen LogP contribution in [-0.2, 0) is 0 Å². The zero-order valence-corrected chi connectivity index (χ0v) is 8.22. The molecule has 1 aromatic heterocycles. The lowest BCUT2D eigenvalue weighted by molar-refractivity contribution is 0.263. The quantitative estimate of drug-likeness (QED) is 0.665. The normalized spacial score (nSPS) is 10.6. The van der Waals surface area contributed by atoms with Crippen LogP contribution in [0.4, 0.5) is 4.79 Å². The first-order valence-electron chi connectivity index (χ1n) is 3.68. The molecule has 0 atom stereocenters. The van der Waals surface area contributed by atoms with E-state index in [0.29, 0.717) is 5.02 Å². The number of aromatic nitrogens is 1. The van der Waals surface area contributed by atoms with Crippen LogP contribution in [0.1, 0.15) is 0 Å². The van der Waals surface area contributed by atoms with Crippen molar-refractivity contribution in [3.63, 3.8) is 0 Å². The fourth-order valence-electron chi connectivity index (χ4n) is 1.27. The van der Waals surface area contributed by atoms with Gasteiger partial charge in [0.05, 0.1) is 5.52 Å². The summed E-state index contributed by atoms with van der Waals surface area (Å²) in [5.74, 6) is 0. The Morgan fingerprint density at radius 1 is 1.38 bits per heavy atom. The van der Waals surface area contributed by atoms with Gasteiger partial charge in [-0.3, -0.25) is 9.36 Å². The monoisotopic (exact) mass is 211 g/mol. The highest BCUT2D eigenvalue weighted by atomic mass is 35.5. The molecule has 0 aliphatic heterocycles. The standard InChI is InChI=1S/C9H6ClNOS/c10-7-2-1-6-3-4-11(9(12)13)8(6)5-7/h1-5H,(H,12,13). The number of carbonyl (C=O) groups excluding carboxylic acids is 1. The molecule has 0 saturated carbocycles. The molecule has 66 valence electrons. The molecular formula is C9H6ClNOS. The zero-order chi connectivity index (χ0) is 9.42. The number of fused-ring (bicyclic) bond motifs is 1. The molecule has 2 rings (SSSR count). The van der Waals surface area contributed by atoms with Crippen LogP contribution in [0, 0.1) is 0 Å². The minimum atomic E-state index is -0.308. The van der Waals surface area contributed by atoms with Gasteiger partial charge in [0, 0.05) is 16.6 Å². The summed E-state index contributed by atoms with van der Waals surface area (Å²) in [6, 6.07) is 7.24. The van der Waals surface area contributed by atoms with Crippen LogP contribution in [0.25, 0.3) is 10.9 Å². The Morgan fingerprint density at radius 2 is 2.15 bits per heavy atom. The summed E-state index contributed by atoms with van der Waals surface area (Å²) >= 11 is 9.55. The third-order valence-electron chi connectivity index (χ3n) is 1.86. The number of thiol groups is 1. The fourth-order valence-corrected chi connectivity index (χ4v) is 1.61. The van der Waals surface area contributed by atoms with Crippen molar-refractivity contribution in [2.24, 2.45) is 0 Å². The van der Waals surface area contributed by atoms with E-state index >= 15 is 0 Å². The van der Waals surface area contributed by atoms with E-state index in [4.69, 9.17) is 11.6 Å². The van der Waals surface area contributed by atoms with E-state index in [9.17, 15) is 4.79 Å². The molecule has 0 aliphatic rings. The van der Waals surface area contributed by atoms with E-state index < -0.39 is 0 Å². The maximum atomic E-state index is 11.0. The van der Waals surface area contributed by atoms with Crippen molar-refractivity contribution in [3.8, 4) is 0 Å². The van der Waals surface area contributed by atoms with Gasteiger partial charge in [0.25, 0.3) is 5.24 Å². The third-order valence-corrected chi connectivity index (χ3v) is 2.31. The molecule has 0 bridgehead atoms. The Morgan fingerprint density at radius 3 is 2.85 bits per heavy atom. The summed E-state index contributed by atoms with van der Waals surface area (Å²) in [7, 11) is 0. The van der Waals surface area contributed by atoms with E-state index in [-0.39, 0.29) is 5.24 Å². The van der Waals surface area contributed by atoms with Gasteiger partial charge in [-0.05, 0) is 18.2 Å². The molecule has 0 N–H and O–H groups in total. The molecule has 1 heterocycles. The molecule has 0 unspecified atom stereocenters. The average molecular weight is 212 g/mol. The Labute approximate surface area is 85.5 Å². The van der Waals surface area contributed by atoms with E-state index in [1.165, 1.54) is 4.57 Å². The fraction of sp³-hybridized carbons (Fsp3) is 0. The van der Waals surface area contributed by atoms with Gasteiger partial charge in [-0.1, -0.05) is 30.3 Å². The predicted octanol–water partition coefficient (Wildman–Crippen LogP) is 3.19. The van der Waals surface area contributed by atoms with E-state index in [1.54, 1.807) is 18.3 Å². The summed E-state index contributed by atoms with van der Waals surface area (Å²) in [6.07, 6.45) is 1.68. The molecule has 2 aromatic rings. The minimum Gasteiger partial charge on any atom is -0.278 e. The molecule has 4 heteroatoms. The second-order valence-corrected chi connectivity index (χ2v) is 3.49. The van der Waals surface area contributed by atoms with Gasteiger partial charge >= 0.3 is 0 Å². The van der Waals surface area contributed by atoms with E-state index in [0.717, 1.165) is 10.9 Å². The molecule has 2 nitrogen and oxygen atoms in total. The van der Waals surface area contributed by atoms with Crippen molar-refractivity contribution in [2.75, 3.05) is 0 Å².